The van der Waals surface area contributed by atoms with E-state index in [9.17, 15) is 10.2 Å². The third-order valence-electron chi connectivity index (χ3n) is 4.55. The number of aliphatic hydroxyl groups excluding tert-OH is 2. The van der Waals surface area contributed by atoms with Crippen molar-refractivity contribution in [3.8, 4) is 17.2 Å². The lowest BCUT2D eigenvalue weighted by Crippen LogP contribution is -2.48. The molecule has 0 amide bonds. The van der Waals surface area contributed by atoms with E-state index in [4.69, 9.17) is 18.9 Å². The van der Waals surface area contributed by atoms with Gasteiger partial charge in [-0.25, -0.2) is 0 Å². The second-order valence-electron chi connectivity index (χ2n) is 5.97. The maximum Gasteiger partial charge on any atom is 0.226 e. The summed E-state index contributed by atoms with van der Waals surface area (Å²) in [6.07, 6.45) is -2.70. The lowest BCUT2D eigenvalue weighted by molar-refractivity contribution is -0.229. The van der Waals surface area contributed by atoms with Gasteiger partial charge in [-0.2, -0.15) is 0 Å². The van der Waals surface area contributed by atoms with Gasteiger partial charge in [0.1, 0.15) is 6.10 Å². The van der Waals surface area contributed by atoms with E-state index in [1.165, 1.54) is 0 Å². The second kappa shape index (κ2) is 6.95. The van der Waals surface area contributed by atoms with Gasteiger partial charge in [0, 0.05) is 6.42 Å². The maximum absolute atomic E-state index is 10.1. The number of ether oxygens (including phenoxy) is 4. The van der Waals surface area contributed by atoms with Crippen molar-refractivity contribution in [2.24, 2.45) is 0 Å². The Morgan fingerprint density at radius 1 is 0.870 bits per heavy atom. The van der Waals surface area contributed by atoms with Gasteiger partial charge in [0.2, 0.25) is 12.0 Å². The van der Waals surface area contributed by atoms with Gasteiger partial charge in [0.05, 0.1) is 26.4 Å². The number of aliphatic hydroxyl groups is 2. The molecular formula is C17H26O6. The van der Waals surface area contributed by atoms with Crippen LogP contribution in [0.3, 0.4) is 0 Å². The Morgan fingerprint density at radius 2 is 1.43 bits per heavy atom. The Bertz CT molecular complexity index is 571. The van der Waals surface area contributed by atoms with Gasteiger partial charge >= 0.3 is 0 Å². The summed E-state index contributed by atoms with van der Waals surface area (Å²) in [5.74, 6) is 1.56. The summed E-state index contributed by atoms with van der Waals surface area (Å²) in [6.45, 7) is 7.60. The number of methoxy groups -OCH3 is 2. The van der Waals surface area contributed by atoms with Crippen LogP contribution in [0.2, 0.25) is 0 Å². The first kappa shape index (κ1) is 17.8. The molecular weight excluding hydrogens is 300 g/mol. The number of rotatable bonds is 4. The van der Waals surface area contributed by atoms with Gasteiger partial charge in [-0.05, 0) is 44.4 Å². The van der Waals surface area contributed by atoms with Gasteiger partial charge in [-0.15, -0.1) is 0 Å². The number of benzene rings is 1. The molecule has 2 unspecified atom stereocenters. The summed E-state index contributed by atoms with van der Waals surface area (Å²) in [4.78, 5) is 0. The van der Waals surface area contributed by atoms with Gasteiger partial charge in [0.15, 0.2) is 11.5 Å². The molecule has 130 valence electrons. The quantitative estimate of drug-likeness (QED) is 0.879. The molecule has 0 saturated carbocycles. The van der Waals surface area contributed by atoms with Gasteiger partial charge in [0.25, 0.3) is 0 Å². The molecule has 2 N–H and O–H groups in total. The number of hydrogen-bond donors (Lipinski definition) is 2. The van der Waals surface area contributed by atoms with E-state index in [-0.39, 0.29) is 6.42 Å². The minimum atomic E-state index is -0.919. The van der Waals surface area contributed by atoms with Crippen LogP contribution in [0.25, 0.3) is 0 Å². The largest absolute Gasteiger partial charge is 0.492 e. The molecule has 0 radical (unpaired) electrons. The van der Waals surface area contributed by atoms with Crippen LogP contribution in [0, 0.1) is 20.8 Å². The van der Waals surface area contributed by atoms with Crippen molar-refractivity contribution in [1.29, 1.82) is 0 Å². The van der Waals surface area contributed by atoms with Crippen LogP contribution in [0.5, 0.6) is 17.2 Å². The van der Waals surface area contributed by atoms with Crippen molar-refractivity contribution in [3.63, 3.8) is 0 Å². The molecule has 1 heterocycles. The molecule has 0 bridgehead atoms. The van der Waals surface area contributed by atoms with Crippen molar-refractivity contribution >= 4 is 0 Å². The van der Waals surface area contributed by atoms with Crippen LogP contribution >= 0.6 is 0 Å². The van der Waals surface area contributed by atoms with Crippen molar-refractivity contribution in [1.82, 2.24) is 0 Å². The molecule has 2 rings (SSSR count). The van der Waals surface area contributed by atoms with E-state index >= 15 is 0 Å². The molecule has 4 atom stereocenters. The third kappa shape index (κ3) is 3.24. The monoisotopic (exact) mass is 326 g/mol. The minimum Gasteiger partial charge on any atom is -0.492 e. The highest BCUT2D eigenvalue weighted by molar-refractivity contribution is 5.62. The van der Waals surface area contributed by atoms with Crippen molar-refractivity contribution in [2.45, 2.75) is 58.7 Å². The predicted molar refractivity (Wildman–Crippen MR) is 85.4 cm³/mol. The Hall–Kier alpha value is -1.50. The highest BCUT2D eigenvalue weighted by Gasteiger charge is 2.36. The van der Waals surface area contributed by atoms with Crippen LogP contribution in [0.15, 0.2) is 0 Å². The molecule has 1 aliphatic rings. The van der Waals surface area contributed by atoms with Gasteiger partial charge in [-0.3, -0.25) is 0 Å². The van der Waals surface area contributed by atoms with E-state index in [0.717, 1.165) is 16.7 Å². The number of hydrogen-bond acceptors (Lipinski definition) is 6. The smallest absolute Gasteiger partial charge is 0.226 e. The standard InChI is InChI=1S/C17H26O6/c1-8-9(2)14(20-5)16(21-6)15(10(8)3)23-17-13(19)7-12(18)11(4)22-17/h11-13,17-19H,7H2,1-6H3/t11-,12?,13+,17?/m0/s1. The lowest BCUT2D eigenvalue weighted by atomic mass is 10.0. The third-order valence-corrected chi connectivity index (χ3v) is 4.55. The first-order valence-corrected chi connectivity index (χ1v) is 7.71. The summed E-state index contributed by atoms with van der Waals surface area (Å²) in [5, 5.41) is 19.9. The SMILES string of the molecule is COc1c(C)c(C)c(C)c(OC2O[C@@H](C)C(O)C[C@H]2O)c1OC. The molecule has 0 aromatic heterocycles. The van der Waals surface area contributed by atoms with E-state index in [0.29, 0.717) is 17.2 Å². The molecule has 1 aromatic rings. The molecule has 1 saturated heterocycles. The highest BCUT2D eigenvalue weighted by atomic mass is 16.7. The summed E-state index contributed by atoms with van der Waals surface area (Å²) < 4.78 is 22.4. The Kier molecular flexibility index (Phi) is 5.39. The summed E-state index contributed by atoms with van der Waals surface area (Å²) in [6, 6.07) is 0. The summed E-state index contributed by atoms with van der Waals surface area (Å²) in [7, 11) is 3.12. The Balaban J connectivity index is 2.41. The van der Waals surface area contributed by atoms with Gasteiger partial charge < -0.3 is 29.2 Å². The Labute approximate surface area is 136 Å². The van der Waals surface area contributed by atoms with Crippen molar-refractivity contribution in [3.05, 3.63) is 16.7 Å². The molecule has 1 aliphatic heterocycles. The molecule has 6 nitrogen and oxygen atoms in total. The normalized spacial score (nSPS) is 27.7. The first-order chi connectivity index (χ1) is 10.8. The van der Waals surface area contributed by atoms with E-state index in [1.54, 1.807) is 21.1 Å². The summed E-state index contributed by atoms with van der Waals surface area (Å²) in [5.41, 5.74) is 2.90. The average molecular weight is 326 g/mol. The van der Waals surface area contributed by atoms with Crippen LogP contribution in [0.1, 0.15) is 30.0 Å². The topological polar surface area (TPSA) is 77.4 Å². The zero-order chi connectivity index (χ0) is 17.3. The molecule has 1 fully saturated rings. The fourth-order valence-electron chi connectivity index (χ4n) is 2.80. The molecule has 23 heavy (non-hydrogen) atoms. The minimum absolute atomic E-state index is 0.204. The zero-order valence-electron chi connectivity index (χ0n) is 14.5. The second-order valence-corrected chi connectivity index (χ2v) is 5.97. The first-order valence-electron chi connectivity index (χ1n) is 7.71. The van der Waals surface area contributed by atoms with Crippen LogP contribution < -0.4 is 14.2 Å². The van der Waals surface area contributed by atoms with E-state index in [1.807, 2.05) is 20.8 Å². The van der Waals surface area contributed by atoms with Crippen LogP contribution in [-0.4, -0.2) is 49.0 Å². The molecule has 1 aromatic carbocycles. The van der Waals surface area contributed by atoms with Crippen molar-refractivity contribution < 1.29 is 29.2 Å². The molecule has 0 aliphatic carbocycles. The highest BCUT2D eigenvalue weighted by Crippen LogP contribution is 2.45. The van der Waals surface area contributed by atoms with Crippen molar-refractivity contribution in [2.75, 3.05) is 14.2 Å². The predicted octanol–water partition coefficient (Wildman–Crippen LogP) is 1.86. The average Bonchev–Trinajstić information content (AvgIpc) is 2.52. The summed E-state index contributed by atoms with van der Waals surface area (Å²) >= 11 is 0. The van der Waals surface area contributed by atoms with Crippen LogP contribution in [0.4, 0.5) is 0 Å². The van der Waals surface area contributed by atoms with E-state index in [2.05, 4.69) is 0 Å². The Morgan fingerprint density at radius 3 is 2.00 bits per heavy atom. The van der Waals surface area contributed by atoms with E-state index < -0.39 is 24.6 Å². The van der Waals surface area contributed by atoms with Gasteiger partial charge in [-0.1, -0.05) is 0 Å². The molecule has 0 spiro atoms. The fraction of sp³-hybridized carbons (Fsp3) is 0.647. The zero-order valence-corrected chi connectivity index (χ0v) is 14.5. The molecule has 6 heteroatoms. The maximum atomic E-state index is 10.1. The fourth-order valence-corrected chi connectivity index (χ4v) is 2.80. The van der Waals surface area contributed by atoms with Crippen LogP contribution in [-0.2, 0) is 4.74 Å². The lowest BCUT2D eigenvalue weighted by Gasteiger charge is -2.36.